The molecule has 0 N–H and O–H groups in total. The molecular formula is C50H26N4O2. The highest BCUT2D eigenvalue weighted by molar-refractivity contribution is 6.28. The Balaban J connectivity index is 1.12. The SMILES string of the molecule is [C-]#[N+]c1ccc(-c2ccc(-n3c4ccccc4c4c5c(ccc43)oc3ccccc35)cc2C#N)c(-n2c3ccccc3c3c4c(ccc32)oc2ccccc24)c1. The summed E-state index contributed by atoms with van der Waals surface area (Å²) in [7, 11) is 0. The minimum absolute atomic E-state index is 0.517. The second kappa shape index (κ2) is 11.2. The third-order valence-electron chi connectivity index (χ3n) is 11.4. The van der Waals surface area contributed by atoms with E-state index >= 15 is 0 Å². The zero-order valence-corrected chi connectivity index (χ0v) is 29.6. The van der Waals surface area contributed by atoms with Crippen LogP contribution < -0.4 is 0 Å². The minimum Gasteiger partial charge on any atom is -0.456 e. The Kier molecular flexibility index (Phi) is 6.10. The predicted octanol–water partition coefficient (Wildman–Crippen LogP) is 13.8. The Bertz CT molecular complexity index is 3750. The van der Waals surface area contributed by atoms with Crippen LogP contribution in [0.25, 0.3) is 115 Å². The van der Waals surface area contributed by atoms with Gasteiger partial charge in [0.15, 0.2) is 5.69 Å². The van der Waals surface area contributed by atoms with E-state index in [2.05, 4.69) is 92.8 Å². The summed E-state index contributed by atoms with van der Waals surface area (Å²) in [6.07, 6.45) is 0. The largest absolute Gasteiger partial charge is 0.456 e. The van der Waals surface area contributed by atoms with Gasteiger partial charge in [-0.25, -0.2) is 4.85 Å². The van der Waals surface area contributed by atoms with Gasteiger partial charge in [0.2, 0.25) is 0 Å². The molecule has 0 saturated carbocycles. The molecule has 0 saturated heterocycles. The average Bonchev–Trinajstić information content (AvgIpc) is 4.00. The predicted molar refractivity (Wildman–Crippen MR) is 226 cm³/mol. The summed E-state index contributed by atoms with van der Waals surface area (Å²) in [6, 6.07) is 55.8. The highest BCUT2D eigenvalue weighted by Crippen LogP contribution is 2.45. The van der Waals surface area contributed by atoms with Gasteiger partial charge in [-0.15, -0.1) is 0 Å². The van der Waals surface area contributed by atoms with Gasteiger partial charge in [0.25, 0.3) is 0 Å². The second-order valence-electron chi connectivity index (χ2n) is 14.2. The van der Waals surface area contributed by atoms with Gasteiger partial charge in [-0.1, -0.05) is 91.0 Å². The number of hydrogen-bond donors (Lipinski definition) is 0. The number of benzene rings is 8. The normalized spacial score (nSPS) is 11.9. The molecule has 0 aliphatic rings. The van der Waals surface area contributed by atoms with Crippen LogP contribution in [0.1, 0.15) is 5.56 Å². The lowest BCUT2D eigenvalue weighted by Crippen LogP contribution is -2.00. The standard InChI is InChI=1S/C50H26N4O2/c1-52-30-18-20-33(42(27-30)54-39-15-7-3-11-35(39)48-41(54)23-25-46-50(48)37-13-5-9-17-44(37)56-46)32-21-19-31(26-29(32)28-51)53-38-14-6-2-10-34(38)47-40(53)22-24-45-49(47)36-12-4-8-16-43(36)55-45/h2-27H. The summed E-state index contributed by atoms with van der Waals surface area (Å²) in [6.45, 7) is 7.99. The van der Waals surface area contributed by atoms with E-state index in [1.807, 2.05) is 84.9 Å². The van der Waals surface area contributed by atoms with E-state index in [9.17, 15) is 5.26 Å². The van der Waals surface area contributed by atoms with Crippen molar-refractivity contribution in [3.05, 3.63) is 175 Å². The zero-order chi connectivity index (χ0) is 37.1. The van der Waals surface area contributed by atoms with Crippen molar-refractivity contribution < 1.29 is 8.83 Å². The van der Waals surface area contributed by atoms with Crippen LogP contribution in [0.5, 0.6) is 0 Å². The molecule has 0 aliphatic carbocycles. The molecule has 0 radical (unpaired) electrons. The molecule has 4 aromatic heterocycles. The maximum absolute atomic E-state index is 10.9. The topological polar surface area (TPSA) is 64.3 Å². The summed E-state index contributed by atoms with van der Waals surface area (Å²) in [4.78, 5) is 3.85. The molecular weight excluding hydrogens is 689 g/mol. The summed E-state index contributed by atoms with van der Waals surface area (Å²) in [5.41, 5.74) is 11.8. The minimum atomic E-state index is 0.517. The Morgan fingerprint density at radius 2 is 1.00 bits per heavy atom. The molecule has 0 aliphatic heterocycles. The van der Waals surface area contributed by atoms with Crippen LogP contribution in [-0.2, 0) is 0 Å². The van der Waals surface area contributed by atoms with Crippen LogP contribution >= 0.6 is 0 Å². The molecule has 8 aromatic carbocycles. The molecule has 0 bridgehead atoms. The average molecular weight is 715 g/mol. The van der Waals surface area contributed by atoms with Crippen molar-refractivity contribution in [2.24, 2.45) is 0 Å². The Morgan fingerprint density at radius 3 is 1.61 bits per heavy atom. The van der Waals surface area contributed by atoms with Crippen LogP contribution in [0.2, 0.25) is 0 Å². The van der Waals surface area contributed by atoms with Crippen molar-refractivity contribution in [1.29, 1.82) is 5.26 Å². The summed E-state index contributed by atoms with van der Waals surface area (Å²) in [5, 5.41) is 19.6. The first kappa shape index (κ1) is 30.4. The molecule has 6 heteroatoms. The first-order chi connectivity index (χ1) is 27.7. The third kappa shape index (κ3) is 4.02. The van der Waals surface area contributed by atoms with Gasteiger partial charge in [0.1, 0.15) is 22.3 Å². The molecule has 0 atom stereocenters. The summed E-state index contributed by atoms with van der Waals surface area (Å²) < 4.78 is 17.1. The van der Waals surface area contributed by atoms with Crippen LogP contribution in [0.4, 0.5) is 5.69 Å². The van der Waals surface area contributed by atoms with Crippen molar-refractivity contribution in [1.82, 2.24) is 9.13 Å². The lowest BCUT2D eigenvalue weighted by Gasteiger charge is -2.17. The third-order valence-corrected chi connectivity index (χ3v) is 11.4. The number of aromatic nitrogens is 2. The van der Waals surface area contributed by atoms with E-state index in [1.165, 1.54) is 0 Å². The molecule has 0 spiro atoms. The first-order valence-corrected chi connectivity index (χ1v) is 18.4. The second-order valence-corrected chi connectivity index (χ2v) is 14.2. The first-order valence-electron chi connectivity index (χ1n) is 18.4. The molecule has 6 nitrogen and oxygen atoms in total. The number of nitriles is 1. The molecule has 12 rings (SSSR count). The van der Waals surface area contributed by atoms with Crippen molar-refractivity contribution in [3.63, 3.8) is 0 Å². The maximum atomic E-state index is 10.9. The number of fused-ring (bicyclic) bond motifs is 14. The lowest BCUT2D eigenvalue weighted by molar-refractivity contribution is 0.669. The monoisotopic (exact) mass is 714 g/mol. The van der Waals surface area contributed by atoms with E-state index in [-0.39, 0.29) is 0 Å². The lowest BCUT2D eigenvalue weighted by atomic mass is 9.97. The molecule has 0 fully saturated rings. The molecule has 12 aromatic rings. The summed E-state index contributed by atoms with van der Waals surface area (Å²) in [5.74, 6) is 0. The highest BCUT2D eigenvalue weighted by atomic mass is 16.3. The van der Waals surface area contributed by atoms with Crippen molar-refractivity contribution in [2.75, 3.05) is 0 Å². The molecule has 4 heterocycles. The van der Waals surface area contributed by atoms with Gasteiger partial charge in [-0.2, -0.15) is 5.26 Å². The smallest absolute Gasteiger partial charge is 0.189 e. The van der Waals surface area contributed by atoms with Gasteiger partial charge in [-0.3, -0.25) is 0 Å². The summed E-state index contributed by atoms with van der Waals surface area (Å²) >= 11 is 0. The number of nitrogens with zero attached hydrogens (tertiary/aromatic N) is 4. The van der Waals surface area contributed by atoms with E-state index in [0.717, 1.165) is 110 Å². The number of para-hydroxylation sites is 4. The molecule has 258 valence electrons. The van der Waals surface area contributed by atoms with Gasteiger partial charge in [0.05, 0.1) is 40.3 Å². The Labute approximate surface area is 318 Å². The molecule has 56 heavy (non-hydrogen) atoms. The number of rotatable bonds is 3. The molecule has 0 unspecified atom stereocenters. The van der Waals surface area contributed by atoms with E-state index in [0.29, 0.717) is 11.3 Å². The zero-order valence-electron chi connectivity index (χ0n) is 29.6. The van der Waals surface area contributed by atoms with Gasteiger partial charge < -0.3 is 18.0 Å². The Morgan fingerprint density at radius 1 is 0.464 bits per heavy atom. The fourth-order valence-corrected chi connectivity index (χ4v) is 9.09. The van der Waals surface area contributed by atoms with E-state index in [1.54, 1.807) is 0 Å². The highest BCUT2D eigenvalue weighted by Gasteiger charge is 2.23. The van der Waals surface area contributed by atoms with Crippen molar-refractivity contribution in [3.8, 4) is 28.6 Å². The van der Waals surface area contributed by atoms with Crippen molar-refractivity contribution >= 4 is 93.2 Å². The fraction of sp³-hybridized carbons (Fsp3) is 0. The van der Waals surface area contributed by atoms with Gasteiger partial charge >= 0.3 is 0 Å². The fourth-order valence-electron chi connectivity index (χ4n) is 9.09. The van der Waals surface area contributed by atoms with Crippen LogP contribution in [0.15, 0.2) is 167 Å². The maximum Gasteiger partial charge on any atom is 0.189 e. The van der Waals surface area contributed by atoms with Crippen molar-refractivity contribution in [2.45, 2.75) is 0 Å². The van der Waals surface area contributed by atoms with Crippen LogP contribution in [-0.4, -0.2) is 9.13 Å². The van der Waals surface area contributed by atoms with E-state index < -0.39 is 0 Å². The Hall–Kier alpha value is -8.06. The quantitative estimate of drug-likeness (QED) is 0.171. The van der Waals surface area contributed by atoms with Crippen LogP contribution in [0, 0.1) is 17.9 Å². The number of furan rings is 2. The number of hydrogen-bond acceptors (Lipinski definition) is 3. The molecule has 0 amide bonds. The van der Waals surface area contributed by atoms with Gasteiger partial charge in [-0.05, 0) is 66.7 Å². The van der Waals surface area contributed by atoms with Gasteiger partial charge in [0, 0.05) is 65.6 Å². The van der Waals surface area contributed by atoms with E-state index in [4.69, 9.17) is 15.4 Å². The van der Waals surface area contributed by atoms with Crippen LogP contribution in [0.3, 0.4) is 0 Å².